The molecule has 0 spiro atoms. The van der Waals surface area contributed by atoms with E-state index in [-0.39, 0.29) is 5.54 Å². The molecule has 2 atom stereocenters. The van der Waals surface area contributed by atoms with Crippen LogP contribution in [-0.4, -0.2) is 23.1 Å². The van der Waals surface area contributed by atoms with E-state index in [0.29, 0.717) is 17.9 Å². The molecule has 0 amide bonds. The quantitative estimate of drug-likeness (QED) is 0.683. The van der Waals surface area contributed by atoms with E-state index in [1.54, 1.807) is 0 Å². The number of likely N-dealkylation sites (N-methyl/N-ethyl adjacent to an activating group) is 1. The molecule has 0 radical (unpaired) electrons. The highest BCUT2D eigenvalue weighted by Crippen LogP contribution is 2.38. The first-order chi connectivity index (χ1) is 6.44. The van der Waals surface area contributed by atoms with Crippen LogP contribution in [0.25, 0.3) is 0 Å². The molecule has 0 saturated carbocycles. The van der Waals surface area contributed by atoms with Crippen LogP contribution in [0.2, 0.25) is 0 Å². The summed E-state index contributed by atoms with van der Waals surface area (Å²) in [6.07, 6.45) is 0. The molecule has 0 aliphatic carbocycles. The average molecular weight is 197 g/mol. The zero-order valence-electron chi connectivity index (χ0n) is 10.3. The van der Waals surface area contributed by atoms with E-state index in [2.05, 4.69) is 56.9 Å². The summed E-state index contributed by atoms with van der Waals surface area (Å²) in [5.74, 6) is 1.13. The minimum absolute atomic E-state index is 0.100. The summed E-state index contributed by atoms with van der Waals surface area (Å²) >= 11 is 0. The lowest BCUT2D eigenvalue weighted by Gasteiger charge is -2.41. The second kappa shape index (κ2) is 3.87. The number of hydrogen-bond acceptors (Lipinski definition) is 3. The molecule has 82 valence electrons. The SMILES string of the molecule is CCN1N=NC(C(C)C)[C@]1(C)C(C)C. The Kier molecular flexibility index (Phi) is 3.17. The summed E-state index contributed by atoms with van der Waals surface area (Å²) in [6.45, 7) is 14.3. The summed E-state index contributed by atoms with van der Waals surface area (Å²) in [4.78, 5) is 0. The van der Waals surface area contributed by atoms with Crippen molar-refractivity contribution in [1.29, 1.82) is 0 Å². The van der Waals surface area contributed by atoms with Gasteiger partial charge in [-0.25, -0.2) is 0 Å². The fraction of sp³-hybridized carbons (Fsp3) is 1.00. The smallest absolute Gasteiger partial charge is 0.1000 e. The molecule has 3 heteroatoms. The highest BCUT2D eigenvalue weighted by molar-refractivity contribution is 5.01. The molecule has 0 saturated heterocycles. The van der Waals surface area contributed by atoms with Crippen LogP contribution in [-0.2, 0) is 0 Å². The fourth-order valence-corrected chi connectivity index (χ4v) is 2.34. The lowest BCUT2D eigenvalue weighted by atomic mass is 9.77. The molecule has 0 aromatic carbocycles. The van der Waals surface area contributed by atoms with Crippen LogP contribution in [0.3, 0.4) is 0 Å². The third kappa shape index (κ3) is 1.53. The normalized spacial score (nSPS) is 32.3. The minimum Gasteiger partial charge on any atom is -0.271 e. The highest BCUT2D eigenvalue weighted by Gasteiger charge is 2.47. The van der Waals surface area contributed by atoms with E-state index < -0.39 is 0 Å². The fourth-order valence-electron chi connectivity index (χ4n) is 2.34. The van der Waals surface area contributed by atoms with Gasteiger partial charge in [-0.15, -0.1) is 0 Å². The van der Waals surface area contributed by atoms with Crippen LogP contribution in [0.5, 0.6) is 0 Å². The Morgan fingerprint density at radius 1 is 1.29 bits per heavy atom. The molecular formula is C11H23N3. The largest absolute Gasteiger partial charge is 0.271 e. The van der Waals surface area contributed by atoms with Crippen molar-refractivity contribution in [3.63, 3.8) is 0 Å². The number of hydrogen-bond donors (Lipinski definition) is 0. The summed E-state index contributed by atoms with van der Waals surface area (Å²) in [5, 5.41) is 10.8. The average Bonchev–Trinajstić information content (AvgIpc) is 2.43. The zero-order valence-corrected chi connectivity index (χ0v) is 10.3. The topological polar surface area (TPSA) is 28.0 Å². The maximum absolute atomic E-state index is 4.41. The van der Waals surface area contributed by atoms with E-state index in [1.807, 2.05) is 0 Å². The number of rotatable bonds is 3. The lowest BCUT2D eigenvalue weighted by molar-refractivity contribution is 0.0663. The first-order valence-corrected chi connectivity index (χ1v) is 5.63. The van der Waals surface area contributed by atoms with Gasteiger partial charge in [0.1, 0.15) is 0 Å². The van der Waals surface area contributed by atoms with Crippen molar-refractivity contribution in [2.24, 2.45) is 22.2 Å². The Labute approximate surface area is 87.6 Å². The van der Waals surface area contributed by atoms with E-state index in [1.165, 1.54) is 0 Å². The number of nitrogens with zero attached hydrogens (tertiary/aromatic N) is 3. The minimum atomic E-state index is 0.100. The van der Waals surface area contributed by atoms with Crippen molar-refractivity contribution in [1.82, 2.24) is 5.01 Å². The van der Waals surface area contributed by atoms with Gasteiger partial charge >= 0.3 is 0 Å². The van der Waals surface area contributed by atoms with Crippen molar-refractivity contribution in [2.45, 2.75) is 53.1 Å². The molecule has 0 N–H and O–H groups in total. The molecule has 0 aromatic heterocycles. The first kappa shape index (κ1) is 11.5. The molecule has 1 rings (SSSR count). The van der Waals surface area contributed by atoms with Crippen molar-refractivity contribution < 1.29 is 0 Å². The van der Waals surface area contributed by atoms with E-state index in [0.717, 1.165) is 6.54 Å². The van der Waals surface area contributed by atoms with E-state index in [4.69, 9.17) is 0 Å². The lowest BCUT2D eigenvalue weighted by Crippen LogP contribution is -2.53. The van der Waals surface area contributed by atoms with Crippen LogP contribution in [0.15, 0.2) is 10.3 Å². The summed E-state index contributed by atoms with van der Waals surface area (Å²) < 4.78 is 0. The van der Waals surface area contributed by atoms with Crippen LogP contribution in [0.4, 0.5) is 0 Å². The van der Waals surface area contributed by atoms with Crippen molar-refractivity contribution in [3.8, 4) is 0 Å². The molecule has 1 aliphatic heterocycles. The molecule has 1 aliphatic rings. The summed E-state index contributed by atoms with van der Waals surface area (Å²) in [7, 11) is 0. The van der Waals surface area contributed by atoms with Gasteiger partial charge in [0.05, 0.1) is 11.6 Å². The van der Waals surface area contributed by atoms with Gasteiger partial charge in [-0.1, -0.05) is 32.9 Å². The van der Waals surface area contributed by atoms with E-state index in [9.17, 15) is 0 Å². The first-order valence-electron chi connectivity index (χ1n) is 5.63. The standard InChI is InChI=1S/C11H23N3/c1-7-14-11(6,9(4)5)10(8(2)3)12-13-14/h8-10H,7H2,1-6H3/t10?,11-/m0/s1. The summed E-state index contributed by atoms with van der Waals surface area (Å²) in [5.41, 5.74) is 0.100. The van der Waals surface area contributed by atoms with Gasteiger partial charge in [0.15, 0.2) is 0 Å². The van der Waals surface area contributed by atoms with Gasteiger partial charge in [-0.2, -0.15) is 5.11 Å². The van der Waals surface area contributed by atoms with Crippen molar-refractivity contribution >= 4 is 0 Å². The van der Waals surface area contributed by atoms with Gasteiger partial charge in [0.2, 0.25) is 0 Å². The van der Waals surface area contributed by atoms with Crippen LogP contribution in [0.1, 0.15) is 41.5 Å². The van der Waals surface area contributed by atoms with Crippen LogP contribution < -0.4 is 0 Å². The Morgan fingerprint density at radius 3 is 2.21 bits per heavy atom. The highest BCUT2D eigenvalue weighted by atomic mass is 15.6. The molecular weight excluding hydrogens is 174 g/mol. The molecule has 1 heterocycles. The molecule has 1 unspecified atom stereocenters. The molecule has 0 fully saturated rings. The zero-order chi connectivity index (χ0) is 10.9. The van der Waals surface area contributed by atoms with E-state index >= 15 is 0 Å². The van der Waals surface area contributed by atoms with Gasteiger partial charge < -0.3 is 0 Å². The van der Waals surface area contributed by atoms with Gasteiger partial charge in [-0.3, -0.25) is 5.01 Å². The molecule has 0 bridgehead atoms. The second-order valence-electron chi connectivity index (χ2n) is 4.99. The Balaban J connectivity index is 2.95. The van der Waals surface area contributed by atoms with Gasteiger partial charge in [-0.05, 0) is 25.7 Å². The van der Waals surface area contributed by atoms with Gasteiger partial charge in [0, 0.05) is 6.54 Å². The Morgan fingerprint density at radius 2 is 1.86 bits per heavy atom. The third-order valence-electron chi connectivity index (χ3n) is 3.54. The Hall–Kier alpha value is -0.600. The van der Waals surface area contributed by atoms with Crippen molar-refractivity contribution in [2.75, 3.05) is 6.54 Å². The maximum atomic E-state index is 4.41. The van der Waals surface area contributed by atoms with Crippen molar-refractivity contribution in [3.05, 3.63) is 0 Å². The molecule has 14 heavy (non-hydrogen) atoms. The molecule has 0 aromatic rings. The second-order valence-corrected chi connectivity index (χ2v) is 4.99. The third-order valence-corrected chi connectivity index (χ3v) is 3.54. The van der Waals surface area contributed by atoms with Crippen LogP contribution >= 0.6 is 0 Å². The predicted octanol–water partition coefficient (Wildman–Crippen LogP) is 3.13. The monoisotopic (exact) mass is 197 g/mol. The molecule has 3 nitrogen and oxygen atoms in total. The van der Waals surface area contributed by atoms with Gasteiger partial charge in [0.25, 0.3) is 0 Å². The summed E-state index contributed by atoms with van der Waals surface area (Å²) in [6, 6.07) is 0.336. The predicted molar refractivity (Wildman–Crippen MR) is 59.1 cm³/mol. The maximum Gasteiger partial charge on any atom is 0.1000 e. The van der Waals surface area contributed by atoms with Crippen LogP contribution in [0, 0.1) is 11.8 Å². The Bertz CT molecular complexity index is 223.